The van der Waals surface area contributed by atoms with Gasteiger partial charge in [-0.3, -0.25) is 4.40 Å². The highest BCUT2D eigenvalue weighted by Gasteiger charge is 2.31. The third kappa shape index (κ3) is 6.31. The molecule has 0 atom stereocenters. The average molecular weight is 1100 g/mol. The van der Waals surface area contributed by atoms with Crippen LogP contribution >= 0.6 is 0 Å². The van der Waals surface area contributed by atoms with E-state index in [4.69, 9.17) is 4.98 Å². The molecule has 0 saturated carbocycles. The summed E-state index contributed by atoms with van der Waals surface area (Å²) in [5.74, 6) is 0. The number of rotatable bonds is 4. The quantitative estimate of drug-likeness (QED) is 0.173. The fraction of sp³-hybridized carbons (Fsp3) is 0.0988. The van der Waals surface area contributed by atoms with E-state index in [1.165, 1.54) is 153 Å². The van der Waals surface area contributed by atoms with Crippen molar-refractivity contribution in [1.29, 1.82) is 0 Å². The maximum absolute atomic E-state index is 6.20. The zero-order valence-corrected chi connectivity index (χ0v) is 48.8. The van der Waals surface area contributed by atoms with Gasteiger partial charge >= 0.3 is 0 Å². The molecule has 5 nitrogen and oxygen atoms in total. The van der Waals surface area contributed by atoms with Crippen LogP contribution in [0.3, 0.4) is 0 Å². The van der Waals surface area contributed by atoms with E-state index in [-0.39, 0.29) is 10.8 Å². The van der Waals surface area contributed by atoms with Crippen LogP contribution in [0.15, 0.2) is 237 Å². The predicted octanol–water partition coefficient (Wildman–Crippen LogP) is 21.8. The Labute approximate surface area is 495 Å². The third-order valence-electron chi connectivity index (χ3n) is 19.4. The van der Waals surface area contributed by atoms with Crippen molar-refractivity contribution in [3.63, 3.8) is 0 Å². The number of para-hydroxylation sites is 4. The largest absolute Gasteiger partial charge is 0.309 e. The topological polar surface area (TPSA) is 31.6 Å². The zero-order valence-electron chi connectivity index (χ0n) is 48.8. The molecular formula is C81H57N5. The van der Waals surface area contributed by atoms with Gasteiger partial charge in [0.2, 0.25) is 0 Å². The fourth-order valence-corrected chi connectivity index (χ4v) is 15.4. The molecule has 0 aliphatic rings. The van der Waals surface area contributed by atoms with Crippen LogP contribution in [0.4, 0.5) is 0 Å². The zero-order chi connectivity index (χ0) is 57.2. The highest BCUT2D eigenvalue weighted by atomic mass is 15.0. The molecule has 0 aliphatic carbocycles. The summed E-state index contributed by atoms with van der Waals surface area (Å²) in [6.07, 6.45) is 0. The van der Waals surface area contributed by atoms with Crippen LogP contribution < -0.4 is 0 Å². The summed E-state index contributed by atoms with van der Waals surface area (Å²) in [5, 5.41) is 18.5. The number of fused-ring (bicyclic) bond motifs is 22. The molecule has 0 radical (unpaired) electrons. The van der Waals surface area contributed by atoms with Gasteiger partial charge in [0.15, 0.2) is 0 Å². The van der Waals surface area contributed by atoms with Crippen molar-refractivity contribution in [2.24, 2.45) is 0 Å². The molecule has 0 saturated heterocycles. The highest BCUT2D eigenvalue weighted by molar-refractivity contribution is 6.37. The Hall–Kier alpha value is -10.5. The van der Waals surface area contributed by atoms with Gasteiger partial charge in [-0.15, -0.1) is 0 Å². The first-order valence-corrected chi connectivity index (χ1v) is 30.3. The monoisotopic (exact) mass is 1100 g/mol. The molecule has 0 unspecified atom stereocenters. The molecule has 0 amide bonds. The van der Waals surface area contributed by atoms with E-state index in [0.29, 0.717) is 0 Å². The number of aromatic nitrogens is 5. The Balaban J connectivity index is 0.966. The van der Waals surface area contributed by atoms with Gasteiger partial charge in [-0.1, -0.05) is 175 Å². The third-order valence-corrected chi connectivity index (χ3v) is 19.4. The lowest BCUT2D eigenvalue weighted by Gasteiger charge is -2.22. The van der Waals surface area contributed by atoms with Crippen LogP contribution in [0.25, 0.3) is 175 Å². The second-order valence-electron chi connectivity index (χ2n) is 26.3. The van der Waals surface area contributed by atoms with Crippen molar-refractivity contribution in [3.8, 4) is 33.6 Å². The summed E-state index contributed by atoms with van der Waals surface area (Å²) in [5.41, 5.74) is 22.2. The van der Waals surface area contributed by atoms with Crippen LogP contribution in [-0.4, -0.2) is 22.9 Å². The van der Waals surface area contributed by atoms with Gasteiger partial charge < -0.3 is 13.5 Å². The smallest absolute Gasteiger partial charge is 0.146 e. The van der Waals surface area contributed by atoms with Crippen LogP contribution in [0.2, 0.25) is 0 Å². The molecule has 19 aromatic rings. The molecule has 86 heavy (non-hydrogen) atoms. The summed E-state index contributed by atoms with van der Waals surface area (Å²) < 4.78 is 10.0. The molecule has 0 N–H and O–H groups in total. The van der Waals surface area contributed by atoms with Gasteiger partial charge in [0, 0.05) is 81.8 Å². The van der Waals surface area contributed by atoms with Gasteiger partial charge in [-0.25, -0.2) is 4.98 Å². The summed E-state index contributed by atoms with van der Waals surface area (Å²) in [6.45, 7) is 14.1. The van der Waals surface area contributed by atoms with E-state index in [0.717, 1.165) is 33.4 Å². The number of pyridine rings is 1. The summed E-state index contributed by atoms with van der Waals surface area (Å²) >= 11 is 0. The van der Waals surface area contributed by atoms with E-state index >= 15 is 0 Å². The normalized spacial score (nSPS) is 13.0. The fourth-order valence-electron chi connectivity index (χ4n) is 15.4. The van der Waals surface area contributed by atoms with Gasteiger partial charge in [-0.2, -0.15) is 0 Å². The second kappa shape index (κ2) is 16.6. The van der Waals surface area contributed by atoms with E-state index < -0.39 is 0 Å². The molecule has 406 valence electrons. The molecule has 7 heterocycles. The molecule has 0 bridgehead atoms. The Morgan fingerprint density at radius 2 is 0.756 bits per heavy atom. The first-order valence-electron chi connectivity index (χ1n) is 30.3. The van der Waals surface area contributed by atoms with Gasteiger partial charge in [-0.05, 0) is 158 Å². The number of hydrogen-bond acceptors (Lipinski definition) is 1. The number of benzene rings is 12. The van der Waals surface area contributed by atoms with Crippen molar-refractivity contribution in [3.05, 3.63) is 248 Å². The van der Waals surface area contributed by atoms with Crippen LogP contribution in [0.1, 0.15) is 52.7 Å². The van der Waals surface area contributed by atoms with E-state index in [1.54, 1.807) is 0 Å². The minimum Gasteiger partial charge on any atom is -0.309 e. The Morgan fingerprint density at radius 3 is 1.34 bits per heavy atom. The lowest BCUT2D eigenvalue weighted by atomic mass is 9.83. The van der Waals surface area contributed by atoms with E-state index in [1.807, 2.05) is 0 Å². The van der Waals surface area contributed by atoms with Crippen LogP contribution in [-0.2, 0) is 10.8 Å². The lowest BCUT2D eigenvalue weighted by Crippen LogP contribution is -2.11. The molecule has 0 aliphatic heterocycles. The minimum absolute atomic E-state index is 0.122. The Kier molecular flexibility index (Phi) is 9.28. The number of nitrogens with zero attached hydrogens (tertiary/aromatic N) is 5. The molecule has 0 spiro atoms. The van der Waals surface area contributed by atoms with Gasteiger partial charge in [0.25, 0.3) is 0 Å². The van der Waals surface area contributed by atoms with Crippen molar-refractivity contribution in [2.75, 3.05) is 0 Å². The van der Waals surface area contributed by atoms with Gasteiger partial charge in [0.05, 0.1) is 55.2 Å². The summed E-state index contributed by atoms with van der Waals surface area (Å²) in [7, 11) is 0. The molecular weight excluding hydrogens is 1040 g/mol. The van der Waals surface area contributed by atoms with E-state index in [2.05, 4.69) is 296 Å². The molecule has 0 fully saturated rings. The van der Waals surface area contributed by atoms with Crippen LogP contribution in [0, 0.1) is 0 Å². The second-order valence-corrected chi connectivity index (χ2v) is 26.3. The van der Waals surface area contributed by atoms with Crippen molar-refractivity contribution in [1.82, 2.24) is 22.9 Å². The highest BCUT2D eigenvalue weighted by Crippen LogP contribution is 2.52. The number of hydrogen-bond donors (Lipinski definition) is 0. The molecule has 12 aromatic carbocycles. The molecule has 19 rings (SSSR count). The van der Waals surface area contributed by atoms with Crippen molar-refractivity contribution < 1.29 is 0 Å². The Morgan fingerprint density at radius 1 is 0.291 bits per heavy atom. The average Bonchev–Trinajstić information content (AvgIpc) is 1.54. The SMILES string of the molecule is CC(C)(C)c1cc(-c2ccc3c(c2)c2ccccc2n3-c2ccccc2)c2c(c1)c1cc(C(C)(C)C)cc3c4cc5c(nc4n2c31)c1c2ccccc2cc2c3c4ccccc4cc(-c4ccc6c(c4)c4ccccc4n6-c4ccccc4)c3n5c21. The summed E-state index contributed by atoms with van der Waals surface area (Å²) in [6, 6.07) is 89.1. The first-order chi connectivity index (χ1) is 41.9. The predicted molar refractivity (Wildman–Crippen MR) is 366 cm³/mol. The van der Waals surface area contributed by atoms with Crippen LogP contribution in [0.5, 0.6) is 0 Å². The minimum atomic E-state index is -0.128. The van der Waals surface area contributed by atoms with Crippen molar-refractivity contribution >= 4 is 142 Å². The van der Waals surface area contributed by atoms with Crippen molar-refractivity contribution in [2.45, 2.75) is 52.4 Å². The van der Waals surface area contributed by atoms with Gasteiger partial charge in [0.1, 0.15) is 5.65 Å². The lowest BCUT2D eigenvalue weighted by molar-refractivity contribution is 0.591. The standard InChI is InChI=1S/C81H57N5/c1-80(2,3)50-41-59(49-34-36-70-61(39-49)57-30-18-20-32-68(57)84(70)53-25-11-8-12-26-53)75-62(42-50)63-43-51(81(4,5)6)44-64-65-45-71-74(82-79(65)86(75)76(63)64)73-55-28-16-14-22-47(55)40-66-72-54-27-15-13-21-46(54)37-58(77(72)85(71)78(66)73)48-33-35-69-60(38-48)56-29-17-19-31-67(56)83(69)52-23-9-7-10-24-52/h7-45H,1-6H3. The first kappa shape index (κ1) is 47.9. The molecule has 5 heteroatoms. The summed E-state index contributed by atoms with van der Waals surface area (Å²) in [4.78, 5) is 6.20. The maximum atomic E-state index is 6.20. The maximum Gasteiger partial charge on any atom is 0.146 e. The Bertz CT molecular complexity index is 6130. The molecule has 7 aromatic heterocycles. The van der Waals surface area contributed by atoms with E-state index in [9.17, 15) is 0 Å².